The Bertz CT molecular complexity index is 386. The Kier molecular flexibility index (Phi) is 4.36. The molecule has 1 saturated heterocycles. The molecule has 0 amide bonds. The maximum Gasteiger partial charge on any atom is 0.152 e. The molecule has 2 rings (SSSR count). The lowest BCUT2D eigenvalue weighted by Gasteiger charge is -2.23. The minimum atomic E-state index is 0.403. The third-order valence-corrected chi connectivity index (χ3v) is 3.65. The van der Waals surface area contributed by atoms with E-state index in [1.807, 2.05) is 20.2 Å². The van der Waals surface area contributed by atoms with Gasteiger partial charge in [0.2, 0.25) is 0 Å². The Hall–Kier alpha value is -0.650. The van der Waals surface area contributed by atoms with E-state index in [1.165, 1.54) is 12.0 Å². The third kappa shape index (κ3) is 2.78. The summed E-state index contributed by atoms with van der Waals surface area (Å²) >= 11 is 3.41. The lowest BCUT2D eigenvalue weighted by atomic mass is 10.1. The number of nitrogens with one attached hydrogen (secondary N) is 1. The molecule has 5 heteroatoms. The first-order valence-electron chi connectivity index (χ1n) is 5.98. The number of pyridine rings is 1. The van der Waals surface area contributed by atoms with Crippen LogP contribution in [0.5, 0.6) is 5.75 Å². The van der Waals surface area contributed by atoms with Crippen LogP contribution in [0.4, 0.5) is 0 Å². The van der Waals surface area contributed by atoms with Crippen LogP contribution in [-0.4, -0.2) is 30.2 Å². The van der Waals surface area contributed by atoms with Crippen LogP contribution in [0.25, 0.3) is 0 Å². The highest BCUT2D eigenvalue weighted by Gasteiger charge is 2.25. The molecule has 4 nitrogen and oxygen atoms in total. The van der Waals surface area contributed by atoms with Gasteiger partial charge in [-0.25, -0.2) is 9.99 Å². The van der Waals surface area contributed by atoms with Crippen molar-refractivity contribution in [1.82, 2.24) is 15.4 Å². The molecule has 1 N–H and O–H groups in total. The van der Waals surface area contributed by atoms with Gasteiger partial charge in [0, 0.05) is 12.7 Å². The van der Waals surface area contributed by atoms with E-state index in [1.54, 1.807) is 0 Å². The molecule has 0 radical (unpaired) electrons. The smallest absolute Gasteiger partial charge is 0.152 e. The molecule has 1 fully saturated rings. The van der Waals surface area contributed by atoms with Crippen molar-refractivity contribution in [2.45, 2.75) is 25.8 Å². The number of ether oxygens (including phenoxy) is 1. The van der Waals surface area contributed by atoms with E-state index < -0.39 is 0 Å². The number of hydrogen-bond acceptors (Lipinski definition) is 4. The van der Waals surface area contributed by atoms with Crippen molar-refractivity contribution in [3.8, 4) is 5.75 Å². The van der Waals surface area contributed by atoms with Gasteiger partial charge in [-0.2, -0.15) is 0 Å². The van der Waals surface area contributed by atoms with Crippen molar-refractivity contribution in [3.63, 3.8) is 0 Å². The third-order valence-electron chi connectivity index (χ3n) is 3.05. The summed E-state index contributed by atoms with van der Waals surface area (Å²) in [5, 5.41) is 2.25. The molecule has 1 aromatic rings. The minimum absolute atomic E-state index is 0.403. The van der Waals surface area contributed by atoms with Gasteiger partial charge in [-0.1, -0.05) is 0 Å². The summed E-state index contributed by atoms with van der Waals surface area (Å²) in [4.78, 5) is 4.35. The summed E-state index contributed by atoms with van der Waals surface area (Å²) in [6.07, 6.45) is 4.30. The number of hydrazine groups is 1. The number of hydrogen-bond donors (Lipinski definition) is 1. The van der Waals surface area contributed by atoms with Crippen molar-refractivity contribution >= 4 is 15.9 Å². The van der Waals surface area contributed by atoms with Crippen molar-refractivity contribution in [2.24, 2.45) is 0 Å². The molecule has 17 heavy (non-hydrogen) atoms. The summed E-state index contributed by atoms with van der Waals surface area (Å²) in [5.41, 5.74) is 4.44. The lowest BCUT2D eigenvalue weighted by Crippen LogP contribution is -2.34. The van der Waals surface area contributed by atoms with Crippen LogP contribution in [0.2, 0.25) is 0 Å². The van der Waals surface area contributed by atoms with Gasteiger partial charge in [-0.3, -0.25) is 5.43 Å². The maximum absolute atomic E-state index is 5.56. The second kappa shape index (κ2) is 5.80. The normalized spacial score (nSPS) is 20.8. The van der Waals surface area contributed by atoms with Crippen LogP contribution in [0.1, 0.15) is 31.4 Å². The first-order valence-corrected chi connectivity index (χ1v) is 6.77. The van der Waals surface area contributed by atoms with E-state index in [9.17, 15) is 0 Å². The molecule has 0 aromatic carbocycles. The molecule has 2 heterocycles. The Balaban J connectivity index is 2.23. The Morgan fingerprint density at radius 2 is 2.47 bits per heavy atom. The zero-order chi connectivity index (χ0) is 12.3. The van der Waals surface area contributed by atoms with E-state index in [2.05, 4.69) is 37.4 Å². The molecule has 94 valence electrons. The van der Waals surface area contributed by atoms with Crippen LogP contribution in [0.3, 0.4) is 0 Å². The van der Waals surface area contributed by atoms with Crippen LogP contribution < -0.4 is 10.2 Å². The molecule has 1 aromatic heterocycles. The van der Waals surface area contributed by atoms with Crippen LogP contribution in [-0.2, 0) is 0 Å². The van der Waals surface area contributed by atoms with E-state index >= 15 is 0 Å². The minimum Gasteiger partial charge on any atom is -0.491 e. The Morgan fingerprint density at radius 1 is 1.65 bits per heavy atom. The molecule has 0 aliphatic carbocycles. The Morgan fingerprint density at radius 3 is 3.18 bits per heavy atom. The molecule has 0 saturated carbocycles. The summed E-state index contributed by atoms with van der Waals surface area (Å²) in [5.74, 6) is 0.827. The van der Waals surface area contributed by atoms with Crippen LogP contribution in [0.15, 0.2) is 16.9 Å². The van der Waals surface area contributed by atoms with Crippen molar-refractivity contribution in [1.29, 1.82) is 0 Å². The Labute approximate surface area is 110 Å². The number of halogens is 1. The standard InChI is InChI=1S/C12H18BrN3O/c1-3-17-11-7-9(8-15-12(11)13)10-5-4-6-16(10)14-2/h7-8,10,14H,3-6H2,1-2H3. The first-order chi connectivity index (χ1) is 8.26. The molecule has 1 atom stereocenters. The fourth-order valence-corrected chi connectivity index (χ4v) is 2.59. The molecule has 0 spiro atoms. The predicted molar refractivity (Wildman–Crippen MR) is 70.8 cm³/mol. The van der Waals surface area contributed by atoms with E-state index in [4.69, 9.17) is 4.74 Å². The summed E-state index contributed by atoms with van der Waals surface area (Å²) in [7, 11) is 1.97. The molecule has 1 aliphatic heterocycles. The fraction of sp³-hybridized carbons (Fsp3) is 0.583. The predicted octanol–water partition coefficient (Wildman–Crippen LogP) is 2.51. The quantitative estimate of drug-likeness (QED) is 0.867. The SMILES string of the molecule is CCOc1cc(C2CCCN2NC)cnc1Br. The molecule has 1 aliphatic rings. The summed E-state index contributed by atoms with van der Waals surface area (Å²) < 4.78 is 6.33. The van der Waals surface area contributed by atoms with Gasteiger partial charge in [0.1, 0.15) is 4.60 Å². The molecular formula is C12H18BrN3O. The molecular weight excluding hydrogens is 282 g/mol. The van der Waals surface area contributed by atoms with Gasteiger partial charge in [0.15, 0.2) is 5.75 Å². The van der Waals surface area contributed by atoms with Crippen molar-refractivity contribution in [2.75, 3.05) is 20.2 Å². The van der Waals surface area contributed by atoms with Gasteiger partial charge >= 0.3 is 0 Å². The van der Waals surface area contributed by atoms with Crippen LogP contribution in [0, 0.1) is 0 Å². The average molecular weight is 300 g/mol. The van der Waals surface area contributed by atoms with Gasteiger partial charge in [0.25, 0.3) is 0 Å². The molecule has 0 bridgehead atoms. The van der Waals surface area contributed by atoms with Gasteiger partial charge < -0.3 is 4.74 Å². The largest absolute Gasteiger partial charge is 0.491 e. The highest BCUT2D eigenvalue weighted by atomic mass is 79.9. The van der Waals surface area contributed by atoms with E-state index in [-0.39, 0.29) is 0 Å². The zero-order valence-corrected chi connectivity index (χ0v) is 11.8. The van der Waals surface area contributed by atoms with Crippen LogP contribution >= 0.6 is 15.9 Å². The monoisotopic (exact) mass is 299 g/mol. The maximum atomic E-state index is 5.56. The summed E-state index contributed by atoms with van der Waals surface area (Å²) in [6.45, 7) is 3.72. The highest BCUT2D eigenvalue weighted by molar-refractivity contribution is 9.10. The first kappa shape index (κ1) is 12.8. The van der Waals surface area contributed by atoms with Gasteiger partial charge in [0.05, 0.1) is 12.6 Å². The van der Waals surface area contributed by atoms with Gasteiger partial charge in [-0.05, 0) is 54.4 Å². The second-order valence-electron chi connectivity index (χ2n) is 4.07. The van der Waals surface area contributed by atoms with Crippen molar-refractivity contribution in [3.05, 3.63) is 22.4 Å². The topological polar surface area (TPSA) is 37.4 Å². The summed E-state index contributed by atoms with van der Waals surface area (Å²) in [6, 6.07) is 2.49. The zero-order valence-electron chi connectivity index (χ0n) is 10.2. The highest BCUT2D eigenvalue weighted by Crippen LogP contribution is 2.33. The fourth-order valence-electron chi connectivity index (χ4n) is 2.26. The molecule has 1 unspecified atom stereocenters. The number of nitrogens with zero attached hydrogens (tertiary/aromatic N) is 2. The number of rotatable bonds is 4. The lowest BCUT2D eigenvalue weighted by molar-refractivity contribution is 0.190. The van der Waals surface area contributed by atoms with E-state index in [0.29, 0.717) is 12.6 Å². The number of aromatic nitrogens is 1. The average Bonchev–Trinajstić information content (AvgIpc) is 2.80. The van der Waals surface area contributed by atoms with Gasteiger partial charge in [-0.15, -0.1) is 0 Å². The second-order valence-corrected chi connectivity index (χ2v) is 4.82. The van der Waals surface area contributed by atoms with Crippen molar-refractivity contribution < 1.29 is 4.74 Å². The van der Waals surface area contributed by atoms with E-state index in [0.717, 1.165) is 23.3 Å².